The standard InChI is InChI=1S/C18H15Cl2N3S2/c19-15-9-8-14(16(20)11-15)12-21-17-22-23-18(25-17)24-10-4-7-13-5-2-1-3-6-13/h1-9,11H,10,12H2,(H,21,22)/b7-4+. The first-order chi connectivity index (χ1) is 12.2. The molecule has 0 atom stereocenters. The maximum absolute atomic E-state index is 6.17. The lowest BCUT2D eigenvalue weighted by atomic mass is 10.2. The van der Waals surface area contributed by atoms with Crippen molar-refractivity contribution in [3.8, 4) is 0 Å². The summed E-state index contributed by atoms with van der Waals surface area (Å²) in [5.41, 5.74) is 2.17. The number of halogens is 2. The van der Waals surface area contributed by atoms with Crippen LogP contribution in [-0.4, -0.2) is 16.0 Å². The number of benzene rings is 2. The number of rotatable bonds is 7. The molecule has 0 saturated carbocycles. The molecule has 2 aromatic carbocycles. The molecule has 1 N–H and O–H groups in total. The second kappa shape index (κ2) is 9.25. The second-order valence-electron chi connectivity index (χ2n) is 5.09. The Balaban J connectivity index is 1.48. The van der Waals surface area contributed by atoms with Gasteiger partial charge in [0.05, 0.1) is 0 Å². The van der Waals surface area contributed by atoms with E-state index in [1.165, 1.54) is 16.9 Å². The van der Waals surface area contributed by atoms with Crippen molar-refractivity contribution in [2.24, 2.45) is 0 Å². The number of hydrogen-bond acceptors (Lipinski definition) is 5. The molecule has 1 heterocycles. The van der Waals surface area contributed by atoms with E-state index in [0.29, 0.717) is 16.6 Å². The summed E-state index contributed by atoms with van der Waals surface area (Å²) >= 11 is 15.3. The molecule has 3 aromatic rings. The minimum atomic E-state index is 0.587. The van der Waals surface area contributed by atoms with E-state index < -0.39 is 0 Å². The summed E-state index contributed by atoms with van der Waals surface area (Å²) in [5.74, 6) is 0.854. The lowest BCUT2D eigenvalue weighted by Crippen LogP contribution is -1.99. The molecule has 0 spiro atoms. The minimum Gasteiger partial charge on any atom is -0.356 e. The summed E-state index contributed by atoms with van der Waals surface area (Å²) in [5, 5.41) is 13.6. The van der Waals surface area contributed by atoms with E-state index in [2.05, 4.69) is 39.8 Å². The molecule has 128 valence electrons. The van der Waals surface area contributed by atoms with Crippen LogP contribution >= 0.6 is 46.3 Å². The highest BCUT2D eigenvalue weighted by Crippen LogP contribution is 2.27. The highest BCUT2D eigenvalue weighted by molar-refractivity contribution is 8.01. The molecule has 0 fully saturated rings. The molecule has 1 aromatic heterocycles. The van der Waals surface area contributed by atoms with Crippen molar-refractivity contribution in [3.63, 3.8) is 0 Å². The fraction of sp³-hybridized carbons (Fsp3) is 0.111. The van der Waals surface area contributed by atoms with Gasteiger partial charge in [0.2, 0.25) is 5.13 Å². The fourth-order valence-corrected chi connectivity index (χ4v) is 4.10. The van der Waals surface area contributed by atoms with Crippen molar-refractivity contribution < 1.29 is 0 Å². The van der Waals surface area contributed by atoms with E-state index >= 15 is 0 Å². The second-order valence-corrected chi connectivity index (χ2v) is 8.17. The van der Waals surface area contributed by atoms with Crippen LogP contribution in [-0.2, 0) is 6.54 Å². The Morgan fingerprint density at radius 1 is 1.08 bits per heavy atom. The van der Waals surface area contributed by atoms with Gasteiger partial charge in [-0.3, -0.25) is 0 Å². The van der Waals surface area contributed by atoms with Crippen molar-refractivity contribution in [2.75, 3.05) is 11.1 Å². The Bertz CT molecular complexity index is 851. The van der Waals surface area contributed by atoms with Crippen LogP contribution in [0.3, 0.4) is 0 Å². The van der Waals surface area contributed by atoms with Gasteiger partial charge in [-0.1, -0.05) is 94.9 Å². The van der Waals surface area contributed by atoms with Crippen LogP contribution in [0, 0.1) is 0 Å². The fourth-order valence-electron chi connectivity index (χ4n) is 2.04. The van der Waals surface area contributed by atoms with Gasteiger partial charge in [0.15, 0.2) is 4.34 Å². The third-order valence-electron chi connectivity index (χ3n) is 3.26. The molecule has 0 radical (unpaired) electrons. The quantitative estimate of drug-likeness (QED) is 0.468. The van der Waals surface area contributed by atoms with E-state index in [9.17, 15) is 0 Å². The maximum Gasteiger partial charge on any atom is 0.206 e. The molecule has 25 heavy (non-hydrogen) atoms. The molecule has 0 aliphatic rings. The average molecular weight is 408 g/mol. The van der Waals surface area contributed by atoms with E-state index in [-0.39, 0.29) is 0 Å². The van der Waals surface area contributed by atoms with Crippen molar-refractivity contribution >= 4 is 57.5 Å². The lowest BCUT2D eigenvalue weighted by Gasteiger charge is -2.04. The van der Waals surface area contributed by atoms with Gasteiger partial charge < -0.3 is 5.32 Å². The highest BCUT2D eigenvalue weighted by atomic mass is 35.5. The molecule has 3 nitrogen and oxygen atoms in total. The van der Waals surface area contributed by atoms with Crippen LogP contribution in [0.2, 0.25) is 10.0 Å². The van der Waals surface area contributed by atoms with Crippen molar-refractivity contribution in [1.82, 2.24) is 10.2 Å². The molecule has 0 aliphatic carbocycles. The zero-order valence-corrected chi connectivity index (χ0v) is 16.3. The van der Waals surface area contributed by atoms with Gasteiger partial charge in [-0.25, -0.2) is 0 Å². The number of nitrogens with one attached hydrogen (secondary N) is 1. The van der Waals surface area contributed by atoms with Crippen LogP contribution in [0.25, 0.3) is 6.08 Å². The first-order valence-corrected chi connectivity index (χ1v) is 10.1. The largest absolute Gasteiger partial charge is 0.356 e. The van der Waals surface area contributed by atoms with Crippen LogP contribution < -0.4 is 5.32 Å². The number of thioether (sulfide) groups is 1. The number of anilines is 1. The monoisotopic (exact) mass is 407 g/mol. The smallest absolute Gasteiger partial charge is 0.206 e. The molecule has 0 unspecified atom stereocenters. The average Bonchev–Trinajstić information content (AvgIpc) is 3.07. The van der Waals surface area contributed by atoms with Crippen LogP contribution in [0.1, 0.15) is 11.1 Å². The summed E-state index contributed by atoms with van der Waals surface area (Å²) in [6.45, 7) is 0.587. The maximum atomic E-state index is 6.17. The van der Waals surface area contributed by atoms with Gasteiger partial charge in [0.1, 0.15) is 0 Å². The Morgan fingerprint density at radius 2 is 1.92 bits per heavy atom. The van der Waals surface area contributed by atoms with Crippen molar-refractivity contribution in [1.29, 1.82) is 0 Å². The summed E-state index contributed by atoms with van der Waals surface area (Å²) in [4.78, 5) is 0. The lowest BCUT2D eigenvalue weighted by molar-refractivity contribution is 0.996. The Hall–Kier alpha value is -1.53. The van der Waals surface area contributed by atoms with Crippen LogP contribution in [0.15, 0.2) is 58.9 Å². The molecule has 0 amide bonds. The molecule has 3 rings (SSSR count). The zero-order chi connectivity index (χ0) is 17.5. The van der Waals surface area contributed by atoms with Crippen LogP contribution in [0.4, 0.5) is 5.13 Å². The predicted molar refractivity (Wildman–Crippen MR) is 110 cm³/mol. The Labute approximate surface area is 165 Å². The van der Waals surface area contributed by atoms with Gasteiger partial charge in [-0.05, 0) is 23.3 Å². The minimum absolute atomic E-state index is 0.587. The van der Waals surface area contributed by atoms with E-state index in [1.54, 1.807) is 17.8 Å². The summed E-state index contributed by atoms with van der Waals surface area (Å²) < 4.78 is 0.933. The van der Waals surface area contributed by atoms with Crippen molar-refractivity contribution in [2.45, 2.75) is 10.9 Å². The third kappa shape index (κ3) is 5.75. The molecular formula is C18H15Cl2N3S2. The Morgan fingerprint density at radius 3 is 2.72 bits per heavy atom. The molecular weight excluding hydrogens is 393 g/mol. The normalized spacial score (nSPS) is 11.1. The third-order valence-corrected chi connectivity index (χ3v) is 5.82. The summed E-state index contributed by atoms with van der Waals surface area (Å²) in [6.07, 6.45) is 4.23. The van der Waals surface area contributed by atoms with E-state index in [4.69, 9.17) is 23.2 Å². The molecule has 0 bridgehead atoms. The van der Waals surface area contributed by atoms with E-state index in [0.717, 1.165) is 20.8 Å². The number of hydrogen-bond donors (Lipinski definition) is 1. The topological polar surface area (TPSA) is 37.8 Å². The van der Waals surface area contributed by atoms with Gasteiger partial charge in [0, 0.05) is 22.3 Å². The summed E-state index contributed by atoms with van der Waals surface area (Å²) in [7, 11) is 0. The Kier molecular flexibility index (Phi) is 6.76. The number of nitrogens with zero attached hydrogens (tertiary/aromatic N) is 2. The number of aromatic nitrogens is 2. The first-order valence-electron chi connectivity index (χ1n) is 7.56. The van der Waals surface area contributed by atoms with Gasteiger partial charge in [0.25, 0.3) is 0 Å². The van der Waals surface area contributed by atoms with Gasteiger partial charge in [-0.15, -0.1) is 10.2 Å². The molecule has 7 heteroatoms. The zero-order valence-electron chi connectivity index (χ0n) is 13.2. The van der Waals surface area contributed by atoms with Crippen LogP contribution in [0.5, 0.6) is 0 Å². The molecule has 0 saturated heterocycles. The highest BCUT2D eigenvalue weighted by Gasteiger charge is 2.06. The van der Waals surface area contributed by atoms with Gasteiger partial charge >= 0.3 is 0 Å². The van der Waals surface area contributed by atoms with Gasteiger partial charge in [-0.2, -0.15) is 0 Å². The first kappa shape index (κ1) is 18.3. The SMILES string of the molecule is Clc1ccc(CNc2nnc(SC/C=C/c3ccccc3)s2)c(Cl)c1. The van der Waals surface area contributed by atoms with E-state index in [1.807, 2.05) is 30.3 Å². The predicted octanol–water partition coefficient (Wildman–Crippen LogP) is 6.26. The summed E-state index contributed by atoms with van der Waals surface area (Å²) in [6, 6.07) is 15.7. The molecule has 0 aliphatic heterocycles. The van der Waals surface area contributed by atoms with Crippen molar-refractivity contribution in [3.05, 3.63) is 75.8 Å².